The number of pyridine rings is 1. The summed E-state index contributed by atoms with van der Waals surface area (Å²) in [4.78, 5) is 32.6. The van der Waals surface area contributed by atoms with Crippen LogP contribution in [0.5, 0.6) is 0 Å². The smallest absolute Gasteiger partial charge is 0.272 e. The summed E-state index contributed by atoms with van der Waals surface area (Å²) in [7, 11) is 0. The summed E-state index contributed by atoms with van der Waals surface area (Å²) in [6, 6.07) is 20.4. The number of nitrogens with one attached hydrogen (secondary N) is 1. The second-order valence-electron chi connectivity index (χ2n) is 8.38. The second-order valence-corrected chi connectivity index (χ2v) is 8.38. The first-order chi connectivity index (χ1) is 16.6. The van der Waals surface area contributed by atoms with Gasteiger partial charge in [-0.15, -0.1) is 0 Å². The molecule has 34 heavy (non-hydrogen) atoms. The van der Waals surface area contributed by atoms with Crippen molar-refractivity contribution in [1.29, 1.82) is 0 Å². The van der Waals surface area contributed by atoms with E-state index in [0.29, 0.717) is 36.1 Å². The summed E-state index contributed by atoms with van der Waals surface area (Å²) in [5.41, 5.74) is 2.62. The SMILES string of the molecule is Cc1cccc(NC(=O)C2CCCN(C(=O)c3cc(-c4ccco4)nn3-c3ccccc3)C2)n1. The van der Waals surface area contributed by atoms with Gasteiger partial charge in [-0.3, -0.25) is 9.59 Å². The lowest BCUT2D eigenvalue weighted by molar-refractivity contribution is -0.121. The minimum atomic E-state index is -0.308. The Morgan fingerprint density at radius 1 is 1.06 bits per heavy atom. The Morgan fingerprint density at radius 3 is 2.68 bits per heavy atom. The Hall–Kier alpha value is -4.20. The van der Waals surface area contributed by atoms with Gasteiger partial charge in [0.25, 0.3) is 5.91 Å². The number of benzene rings is 1. The lowest BCUT2D eigenvalue weighted by Gasteiger charge is -2.32. The normalized spacial score (nSPS) is 15.8. The number of aryl methyl sites for hydroxylation is 1. The van der Waals surface area contributed by atoms with Gasteiger partial charge in [-0.25, -0.2) is 9.67 Å². The van der Waals surface area contributed by atoms with E-state index in [1.807, 2.05) is 55.5 Å². The molecule has 1 atom stereocenters. The fourth-order valence-corrected chi connectivity index (χ4v) is 4.22. The van der Waals surface area contributed by atoms with Crippen LogP contribution in [0.15, 0.2) is 77.4 Å². The first-order valence-corrected chi connectivity index (χ1v) is 11.3. The number of amides is 2. The van der Waals surface area contributed by atoms with Crippen LogP contribution < -0.4 is 5.32 Å². The lowest BCUT2D eigenvalue weighted by atomic mass is 9.96. The quantitative estimate of drug-likeness (QED) is 0.484. The highest BCUT2D eigenvalue weighted by molar-refractivity contribution is 5.96. The van der Waals surface area contributed by atoms with Gasteiger partial charge in [0, 0.05) is 24.8 Å². The highest BCUT2D eigenvalue weighted by Crippen LogP contribution is 2.25. The lowest BCUT2D eigenvalue weighted by Crippen LogP contribution is -2.44. The van der Waals surface area contributed by atoms with Crippen LogP contribution in [-0.2, 0) is 4.79 Å². The van der Waals surface area contributed by atoms with Crippen LogP contribution in [0.2, 0.25) is 0 Å². The molecule has 0 aliphatic carbocycles. The number of piperidine rings is 1. The van der Waals surface area contributed by atoms with Crippen molar-refractivity contribution in [2.45, 2.75) is 19.8 Å². The molecule has 1 unspecified atom stereocenters. The Labute approximate surface area is 197 Å². The van der Waals surface area contributed by atoms with Crippen molar-refractivity contribution in [3.05, 3.63) is 84.4 Å². The summed E-state index contributed by atoms with van der Waals surface area (Å²) in [5.74, 6) is 0.519. The van der Waals surface area contributed by atoms with Crippen molar-refractivity contribution < 1.29 is 14.0 Å². The van der Waals surface area contributed by atoms with Crippen molar-refractivity contribution in [3.8, 4) is 17.1 Å². The van der Waals surface area contributed by atoms with Gasteiger partial charge in [0.1, 0.15) is 17.2 Å². The zero-order valence-electron chi connectivity index (χ0n) is 18.8. The molecular weight excluding hydrogens is 430 g/mol. The van der Waals surface area contributed by atoms with E-state index in [0.717, 1.165) is 24.2 Å². The molecule has 8 heteroatoms. The molecule has 1 N–H and O–H groups in total. The molecule has 0 saturated carbocycles. The highest BCUT2D eigenvalue weighted by atomic mass is 16.3. The summed E-state index contributed by atoms with van der Waals surface area (Å²) < 4.78 is 7.14. The number of carbonyl (C=O) groups excluding carboxylic acids is 2. The molecule has 5 rings (SSSR count). The number of hydrogen-bond acceptors (Lipinski definition) is 5. The molecule has 0 spiro atoms. The van der Waals surface area contributed by atoms with Crippen LogP contribution >= 0.6 is 0 Å². The number of hydrogen-bond donors (Lipinski definition) is 1. The number of nitrogens with zero attached hydrogens (tertiary/aromatic N) is 4. The van der Waals surface area contributed by atoms with E-state index in [9.17, 15) is 9.59 Å². The summed E-state index contributed by atoms with van der Waals surface area (Å²) in [6.07, 6.45) is 3.04. The number of aromatic nitrogens is 3. The molecule has 0 radical (unpaired) electrons. The predicted molar refractivity (Wildman–Crippen MR) is 127 cm³/mol. The summed E-state index contributed by atoms with van der Waals surface area (Å²) >= 11 is 0. The number of para-hydroxylation sites is 1. The maximum atomic E-state index is 13.6. The first kappa shape index (κ1) is 21.6. The van der Waals surface area contributed by atoms with Gasteiger partial charge in [-0.05, 0) is 56.2 Å². The molecule has 3 aromatic heterocycles. The highest BCUT2D eigenvalue weighted by Gasteiger charge is 2.31. The van der Waals surface area contributed by atoms with Crippen LogP contribution in [-0.4, -0.2) is 44.6 Å². The molecule has 1 saturated heterocycles. The molecule has 1 aliphatic heterocycles. The average Bonchev–Trinajstić information content (AvgIpc) is 3.55. The number of furan rings is 1. The van der Waals surface area contributed by atoms with E-state index >= 15 is 0 Å². The van der Waals surface area contributed by atoms with Crippen LogP contribution in [0.25, 0.3) is 17.1 Å². The Kier molecular flexibility index (Phi) is 5.95. The zero-order valence-corrected chi connectivity index (χ0v) is 18.8. The molecule has 1 fully saturated rings. The first-order valence-electron chi connectivity index (χ1n) is 11.3. The maximum Gasteiger partial charge on any atom is 0.272 e. The third-order valence-electron chi connectivity index (χ3n) is 5.92. The second kappa shape index (κ2) is 9.35. The van der Waals surface area contributed by atoms with Crippen molar-refractivity contribution in [2.75, 3.05) is 18.4 Å². The monoisotopic (exact) mass is 455 g/mol. The molecule has 4 aromatic rings. The molecule has 172 valence electrons. The van der Waals surface area contributed by atoms with E-state index in [4.69, 9.17) is 4.42 Å². The van der Waals surface area contributed by atoms with Gasteiger partial charge < -0.3 is 14.6 Å². The predicted octanol–water partition coefficient (Wildman–Crippen LogP) is 4.33. The zero-order chi connectivity index (χ0) is 23.5. The van der Waals surface area contributed by atoms with Crippen LogP contribution in [0.1, 0.15) is 29.0 Å². The molecule has 1 aromatic carbocycles. The fourth-order valence-electron chi connectivity index (χ4n) is 4.22. The van der Waals surface area contributed by atoms with Gasteiger partial charge in [-0.1, -0.05) is 24.3 Å². The minimum absolute atomic E-state index is 0.122. The van der Waals surface area contributed by atoms with E-state index < -0.39 is 0 Å². The van der Waals surface area contributed by atoms with Crippen molar-refractivity contribution in [2.24, 2.45) is 5.92 Å². The van der Waals surface area contributed by atoms with Crippen LogP contribution in [0.4, 0.5) is 5.82 Å². The largest absolute Gasteiger partial charge is 0.463 e. The number of anilines is 1. The Bertz CT molecular complexity index is 1300. The minimum Gasteiger partial charge on any atom is -0.463 e. The molecule has 8 nitrogen and oxygen atoms in total. The molecule has 2 amide bonds. The molecule has 4 heterocycles. The molecule has 0 bridgehead atoms. The average molecular weight is 456 g/mol. The number of likely N-dealkylation sites (tertiary alicyclic amines) is 1. The van der Waals surface area contributed by atoms with E-state index in [2.05, 4.69) is 15.4 Å². The van der Waals surface area contributed by atoms with Gasteiger partial charge in [0.05, 0.1) is 17.9 Å². The van der Waals surface area contributed by atoms with E-state index in [1.54, 1.807) is 34.0 Å². The maximum absolute atomic E-state index is 13.6. The molecular formula is C26H25N5O3. The van der Waals surface area contributed by atoms with Gasteiger partial charge >= 0.3 is 0 Å². The Morgan fingerprint density at radius 2 is 1.91 bits per heavy atom. The van der Waals surface area contributed by atoms with Gasteiger partial charge in [0.15, 0.2) is 5.76 Å². The van der Waals surface area contributed by atoms with Crippen LogP contribution in [0.3, 0.4) is 0 Å². The van der Waals surface area contributed by atoms with E-state index in [1.165, 1.54) is 0 Å². The summed E-state index contributed by atoms with van der Waals surface area (Å²) in [6.45, 7) is 2.80. The number of rotatable bonds is 5. The standard InChI is InChI=1S/C26H25N5O3/c1-18-8-5-13-24(27-18)28-25(32)19-9-6-14-30(17-19)26(33)22-16-21(23-12-7-15-34-23)29-31(22)20-10-3-2-4-11-20/h2-5,7-8,10-13,15-16,19H,6,9,14,17H2,1H3,(H,27,28,32). The fraction of sp³-hybridized carbons (Fsp3) is 0.231. The van der Waals surface area contributed by atoms with E-state index in [-0.39, 0.29) is 17.7 Å². The topological polar surface area (TPSA) is 93.3 Å². The van der Waals surface area contributed by atoms with Gasteiger partial charge in [-0.2, -0.15) is 5.10 Å². The van der Waals surface area contributed by atoms with Gasteiger partial charge in [0.2, 0.25) is 5.91 Å². The van der Waals surface area contributed by atoms with Crippen molar-refractivity contribution >= 4 is 17.6 Å². The van der Waals surface area contributed by atoms with Crippen LogP contribution in [0, 0.1) is 12.8 Å². The third kappa shape index (κ3) is 4.47. The summed E-state index contributed by atoms with van der Waals surface area (Å²) in [5, 5.41) is 7.54. The van der Waals surface area contributed by atoms with Crippen molar-refractivity contribution in [3.63, 3.8) is 0 Å². The number of carbonyl (C=O) groups is 2. The Balaban J connectivity index is 1.39. The third-order valence-corrected chi connectivity index (χ3v) is 5.92. The molecule has 1 aliphatic rings. The van der Waals surface area contributed by atoms with Crippen molar-refractivity contribution in [1.82, 2.24) is 19.7 Å².